The van der Waals surface area contributed by atoms with E-state index in [0.717, 1.165) is 0 Å². The number of likely N-dealkylation sites (N-methyl/N-ethyl adjacent to an activating group) is 1. The molecule has 0 aliphatic heterocycles. The Labute approximate surface area is 105 Å². The van der Waals surface area contributed by atoms with Gasteiger partial charge in [0.15, 0.2) is 0 Å². The highest BCUT2D eigenvalue weighted by molar-refractivity contribution is 5.92. The van der Waals surface area contributed by atoms with Crippen LogP contribution in [0.5, 0.6) is 0 Å². The van der Waals surface area contributed by atoms with Crippen LogP contribution in [-0.2, 0) is 4.79 Å². The summed E-state index contributed by atoms with van der Waals surface area (Å²) in [4.78, 5) is 21.6. The topological polar surface area (TPSA) is 84.3 Å². The third kappa shape index (κ3) is 4.34. The summed E-state index contributed by atoms with van der Waals surface area (Å²) in [7, 11) is 1.79. The van der Waals surface area contributed by atoms with Gasteiger partial charge in [-0.3, -0.25) is 14.9 Å². The highest BCUT2D eigenvalue weighted by Gasteiger charge is 2.09. The first kappa shape index (κ1) is 13.9. The predicted molar refractivity (Wildman–Crippen MR) is 69.1 cm³/mol. The summed E-state index contributed by atoms with van der Waals surface area (Å²) in [6.45, 7) is 1.18. The highest BCUT2D eigenvalue weighted by Crippen LogP contribution is 2.18. The van der Waals surface area contributed by atoms with E-state index in [9.17, 15) is 14.9 Å². The summed E-state index contributed by atoms with van der Waals surface area (Å²) in [5.74, 6) is -0.275. The van der Waals surface area contributed by atoms with Crippen molar-refractivity contribution in [1.82, 2.24) is 10.6 Å². The van der Waals surface area contributed by atoms with E-state index in [0.29, 0.717) is 18.7 Å². The maximum absolute atomic E-state index is 11.4. The van der Waals surface area contributed by atoms with Crippen molar-refractivity contribution in [1.29, 1.82) is 0 Å². The van der Waals surface area contributed by atoms with E-state index in [-0.39, 0.29) is 11.6 Å². The number of carbonyl (C=O) groups excluding carboxylic acids is 1. The maximum Gasteiger partial charge on any atom is 0.276 e. The van der Waals surface area contributed by atoms with Crippen LogP contribution in [0.15, 0.2) is 30.3 Å². The van der Waals surface area contributed by atoms with E-state index in [1.807, 2.05) is 0 Å². The average molecular weight is 249 g/mol. The molecule has 0 aliphatic carbocycles. The van der Waals surface area contributed by atoms with E-state index >= 15 is 0 Å². The molecule has 0 spiro atoms. The molecule has 18 heavy (non-hydrogen) atoms. The number of benzene rings is 1. The van der Waals surface area contributed by atoms with E-state index < -0.39 is 4.92 Å². The molecule has 0 heterocycles. The standard InChI is InChI=1S/C12H15N3O3/c1-13-8-9-14-12(16)7-6-10-4-2-3-5-11(10)15(17)18/h2-7,13H,8-9H2,1H3,(H,14,16). The molecule has 1 amide bonds. The molecule has 6 heteroatoms. The lowest BCUT2D eigenvalue weighted by Gasteiger charge is -2.00. The van der Waals surface area contributed by atoms with E-state index in [2.05, 4.69) is 10.6 Å². The highest BCUT2D eigenvalue weighted by atomic mass is 16.6. The zero-order chi connectivity index (χ0) is 13.4. The Morgan fingerprint density at radius 2 is 2.11 bits per heavy atom. The normalized spacial score (nSPS) is 10.5. The number of para-hydroxylation sites is 1. The van der Waals surface area contributed by atoms with Crippen molar-refractivity contribution >= 4 is 17.7 Å². The molecular weight excluding hydrogens is 234 g/mol. The first-order chi connectivity index (χ1) is 8.65. The average Bonchev–Trinajstić information content (AvgIpc) is 2.37. The Morgan fingerprint density at radius 3 is 2.78 bits per heavy atom. The molecule has 96 valence electrons. The van der Waals surface area contributed by atoms with Crippen LogP contribution in [0, 0.1) is 10.1 Å². The number of nitro benzene ring substituents is 1. The second-order valence-electron chi connectivity index (χ2n) is 3.54. The monoisotopic (exact) mass is 249 g/mol. The lowest BCUT2D eigenvalue weighted by Crippen LogP contribution is -2.28. The number of nitro groups is 1. The molecule has 0 atom stereocenters. The summed E-state index contributed by atoms with van der Waals surface area (Å²) < 4.78 is 0. The fourth-order valence-electron chi connectivity index (χ4n) is 1.33. The van der Waals surface area contributed by atoms with E-state index in [1.165, 1.54) is 18.2 Å². The second kappa shape index (κ2) is 7.18. The van der Waals surface area contributed by atoms with Gasteiger partial charge in [-0.25, -0.2) is 0 Å². The van der Waals surface area contributed by atoms with Crippen LogP contribution in [0.1, 0.15) is 5.56 Å². The minimum absolute atomic E-state index is 0.0169. The molecule has 0 aliphatic rings. The molecule has 0 saturated heterocycles. The van der Waals surface area contributed by atoms with Crippen molar-refractivity contribution in [3.05, 3.63) is 46.0 Å². The summed E-state index contributed by atoms with van der Waals surface area (Å²) in [5.41, 5.74) is 0.392. The van der Waals surface area contributed by atoms with Gasteiger partial charge in [0.2, 0.25) is 5.91 Å². The number of carbonyl (C=O) groups is 1. The molecule has 0 aromatic heterocycles. The van der Waals surface area contributed by atoms with Gasteiger partial charge in [-0.1, -0.05) is 12.1 Å². The number of nitrogens with one attached hydrogen (secondary N) is 2. The molecule has 0 bridgehead atoms. The second-order valence-corrected chi connectivity index (χ2v) is 3.54. The minimum Gasteiger partial charge on any atom is -0.351 e. The van der Waals surface area contributed by atoms with Crippen molar-refractivity contribution in [3.63, 3.8) is 0 Å². The zero-order valence-electron chi connectivity index (χ0n) is 10.1. The Morgan fingerprint density at radius 1 is 1.39 bits per heavy atom. The zero-order valence-corrected chi connectivity index (χ0v) is 10.1. The van der Waals surface area contributed by atoms with Crippen LogP contribution in [-0.4, -0.2) is 31.0 Å². The Balaban J connectivity index is 2.66. The van der Waals surface area contributed by atoms with Gasteiger partial charge in [-0.2, -0.15) is 0 Å². The third-order valence-electron chi connectivity index (χ3n) is 2.22. The molecule has 1 aromatic rings. The van der Waals surface area contributed by atoms with Gasteiger partial charge in [-0.05, 0) is 19.2 Å². The molecule has 1 rings (SSSR count). The number of hydrogen-bond acceptors (Lipinski definition) is 4. The summed E-state index contributed by atoms with van der Waals surface area (Å²) in [6.07, 6.45) is 2.73. The molecule has 0 fully saturated rings. The molecule has 1 aromatic carbocycles. The molecule has 2 N–H and O–H groups in total. The van der Waals surface area contributed by atoms with E-state index in [4.69, 9.17) is 0 Å². The quantitative estimate of drug-likeness (QED) is 0.340. The van der Waals surface area contributed by atoms with Crippen molar-refractivity contribution < 1.29 is 9.72 Å². The van der Waals surface area contributed by atoms with Crippen LogP contribution in [0.4, 0.5) is 5.69 Å². The Bertz CT molecular complexity index is 458. The smallest absolute Gasteiger partial charge is 0.276 e. The van der Waals surface area contributed by atoms with Gasteiger partial charge in [0, 0.05) is 25.2 Å². The fourth-order valence-corrected chi connectivity index (χ4v) is 1.33. The largest absolute Gasteiger partial charge is 0.351 e. The SMILES string of the molecule is CNCCNC(=O)C=Cc1ccccc1[N+](=O)[O-]. The molecule has 0 saturated carbocycles. The Kier molecular flexibility index (Phi) is 5.53. The van der Waals surface area contributed by atoms with E-state index in [1.54, 1.807) is 25.2 Å². The predicted octanol–water partition coefficient (Wildman–Crippen LogP) is 0.944. The van der Waals surface area contributed by atoms with Crippen molar-refractivity contribution in [3.8, 4) is 0 Å². The van der Waals surface area contributed by atoms with Crippen LogP contribution >= 0.6 is 0 Å². The first-order valence-corrected chi connectivity index (χ1v) is 5.49. The Hall–Kier alpha value is -2.21. The number of nitrogens with zero attached hydrogens (tertiary/aromatic N) is 1. The molecule has 0 unspecified atom stereocenters. The van der Waals surface area contributed by atoms with Gasteiger partial charge < -0.3 is 10.6 Å². The number of hydrogen-bond donors (Lipinski definition) is 2. The molecular formula is C12H15N3O3. The van der Waals surface area contributed by atoms with Crippen LogP contribution < -0.4 is 10.6 Å². The lowest BCUT2D eigenvalue weighted by molar-refractivity contribution is -0.385. The van der Waals surface area contributed by atoms with Crippen LogP contribution in [0.2, 0.25) is 0 Å². The van der Waals surface area contributed by atoms with Gasteiger partial charge in [0.25, 0.3) is 5.69 Å². The first-order valence-electron chi connectivity index (χ1n) is 5.49. The fraction of sp³-hybridized carbons (Fsp3) is 0.250. The van der Waals surface area contributed by atoms with Crippen molar-refractivity contribution in [2.24, 2.45) is 0 Å². The number of amides is 1. The van der Waals surface area contributed by atoms with Gasteiger partial charge in [-0.15, -0.1) is 0 Å². The van der Waals surface area contributed by atoms with Crippen LogP contribution in [0.25, 0.3) is 6.08 Å². The maximum atomic E-state index is 11.4. The third-order valence-corrected chi connectivity index (χ3v) is 2.22. The molecule has 0 radical (unpaired) electrons. The molecule has 6 nitrogen and oxygen atoms in total. The summed E-state index contributed by atoms with van der Waals surface area (Å²) in [5, 5.41) is 16.3. The van der Waals surface area contributed by atoms with Gasteiger partial charge in [0.05, 0.1) is 10.5 Å². The van der Waals surface area contributed by atoms with Gasteiger partial charge in [0.1, 0.15) is 0 Å². The lowest BCUT2D eigenvalue weighted by atomic mass is 10.1. The van der Waals surface area contributed by atoms with Gasteiger partial charge >= 0.3 is 0 Å². The summed E-state index contributed by atoms with van der Waals surface area (Å²) >= 11 is 0. The minimum atomic E-state index is -0.474. The number of rotatable bonds is 6. The van der Waals surface area contributed by atoms with Crippen LogP contribution in [0.3, 0.4) is 0 Å². The summed E-state index contributed by atoms with van der Waals surface area (Å²) in [6, 6.07) is 6.27. The van der Waals surface area contributed by atoms with Crippen molar-refractivity contribution in [2.75, 3.05) is 20.1 Å². The van der Waals surface area contributed by atoms with Crippen molar-refractivity contribution in [2.45, 2.75) is 0 Å².